The Balaban J connectivity index is 0.00000300. The smallest absolute Gasteiger partial charge is 0.510 e. The van der Waals surface area contributed by atoms with Crippen LogP contribution in [0.15, 0.2) is 140 Å². The van der Waals surface area contributed by atoms with Gasteiger partial charge in [0.2, 0.25) is 0 Å². The molecule has 4 heteroatoms. The molecule has 0 amide bonds. The summed E-state index contributed by atoms with van der Waals surface area (Å²) < 4.78 is 2.30. The molecule has 45 heavy (non-hydrogen) atoms. The van der Waals surface area contributed by atoms with E-state index in [-0.39, 0.29) is 21.1 Å². The van der Waals surface area contributed by atoms with Crippen LogP contribution in [0.5, 0.6) is 0 Å². The predicted molar refractivity (Wildman–Crippen MR) is 178 cm³/mol. The van der Waals surface area contributed by atoms with Gasteiger partial charge in [-0.1, -0.05) is 77.9 Å². The van der Waals surface area contributed by atoms with E-state index in [1.807, 2.05) is 19.2 Å². The Morgan fingerprint density at radius 1 is 0.600 bits per heavy atom. The first kappa shape index (κ1) is 27.7. The largest absolute Gasteiger partial charge is 4.00 e. The van der Waals surface area contributed by atoms with Crippen LogP contribution in [-0.4, -0.2) is 16.5 Å². The first-order chi connectivity index (χ1) is 21.7. The molecule has 9 rings (SSSR count). The molecule has 0 N–H and O–H groups in total. The Bertz CT molecular complexity index is 2200. The van der Waals surface area contributed by atoms with Crippen molar-refractivity contribution in [3.05, 3.63) is 187 Å². The molecular formula is C41H27N3Pt. The van der Waals surface area contributed by atoms with Gasteiger partial charge in [0.1, 0.15) is 0 Å². The van der Waals surface area contributed by atoms with Crippen LogP contribution < -0.4 is 4.90 Å². The van der Waals surface area contributed by atoms with Gasteiger partial charge in [0.25, 0.3) is 0 Å². The summed E-state index contributed by atoms with van der Waals surface area (Å²) in [6, 6.07) is 56.9. The molecule has 0 atom stereocenters. The van der Waals surface area contributed by atoms with Crippen molar-refractivity contribution in [2.45, 2.75) is 5.41 Å². The minimum Gasteiger partial charge on any atom is -0.510 e. The van der Waals surface area contributed by atoms with Crippen LogP contribution in [-0.2, 0) is 26.5 Å². The molecule has 0 unspecified atom stereocenters. The van der Waals surface area contributed by atoms with Crippen molar-refractivity contribution in [3.8, 4) is 16.8 Å². The average molecular weight is 757 g/mol. The number of rotatable bonds is 4. The van der Waals surface area contributed by atoms with Gasteiger partial charge in [-0.05, 0) is 53.2 Å². The number of hydrogen-bond donors (Lipinski definition) is 0. The van der Waals surface area contributed by atoms with E-state index in [0.717, 1.165) is 33.5 Å². The molecule has 216 valence electrons. The molecule has 0 fully saturated rings. The molecule has 0 spiro atoms. The van der Waals surface area contributed by atoms with Crippen LogP contribution >= 0.6 is 0 Å². The molecule has 0 bridgehead atoms. The fourth-order valence-electron chi connectivity index (χ4n) is 7.26. The summed E-state index contributed by atoms with van der Waals surface area (Å²) in [5.41, 5.74) is 10.8. The Morgan fingerprint density at radius 3 is 2.02 bits per heavy atom. The third kappa shape index (κ3) is 4.00. The van der Waals surface area contributed by atoms with Crippen molar-refractivity contribution in [2.75, 3.05) is 11.9 Å². The molecule has 1 aromatic heterocycles. The fourth-order valence-corrected chi connectivity index (χ4v) is 7.26. The SMILES string of the molecule is CN1C=CN(c2[c-]c(C3(c4[c-]c5c(cc4)c4ccccc4n5-c4[c-]cccc4)c4ccccc4-c4ccccc43)ccc2)[CH-]1.[Pt+4]. The molecule has 0 saturated carbocycles. The summed E-state index contributed by atoms with van der Waals surface area (Å²) in [5.74, 6) is 0. The van der Waals surface area contributed by atoms with Gasteiger partial charge in [-0.25, -0.2) is 0 Å². The Labute approximate surface area is 277 Å². The van der Waals surface area contributed by atoms with E-state index in [1.54, 1.807) is 0 Å². The normalized spacial score (nSPS) is 14.5. The van der Waals surface area contributed by atoms with Crippen molar-refractivity contribution in [3.63, 3.8) is 0 Å². The Hall–Kier alpha value is -4.85. The number of para-hydroxylation sites is 2. The zero-order chi connectivity index (χ0) is 29.3. The second-order valence-electron chi connectivity index (χ2n) is 11.5. The van der Waals surface area contributed by atoms with E-state index < -0.39 is 5.41 Å². The maximum atomic E-state index is 4.02. The molecule has 1 aliphatic heterocycles. The summed E-state index contributed by atoms with van der Waals surface area (Å²) in [4.78, 5) is 4.18. The number of aromatic nitrogens is 1. The summed E-state index contributed by atoms with van der Waals surface area (Å²) in [6.45, 7) is 2.08. The topological polar surface area (TPSA) is 11.4 Å². The third-order valence-corrected chi connectivity index (χ3v) is 9.10. The van der Waals surface area contributed by atoms with Crippen LogP contribution in [0.25, 0.3) is 38.6 Å². The van der Waals surface area contributed by atoms with Crippen molar-refractivity contribution < 1.29 is 21.1 Å². The van der Waals surface area contributed by atoms with Gasteiger partial charge < -0.3 is 14.4 Å². The molecule has 1 aliphatic carbocycles. The molecule has 2 heterocycles. The van der Waals surface area contributed by atoms with E-state index in [4.69, 9.17) is 0 Å². The van der Waals surface area contributed by atoms with Crippen molar-refractivity contribution in [1.82, 2.24) is 9.47 Å². The summed E-state index contributed by atoms with van der Waals surface area (Å²) in [5, 5.41) is 2.38. The zero-order valence-electron chi connectivity index (χ0n) is 24.5. The zero-order valence-corrected chi connectivity index (χ0v) is 26.8. The van der Waals surface area contributed by atoms with Gasteiger partial charge in [0.15, 0.2) is 0 Å². The quantitative estimate of drug-likeness (QED) is 0.166. The van der Waals surface area contributed by atoms with Crippen LogP contribution in [0.3, 0.4) is 0 Å². The summed E-state index contributed by atoms with van der Waals surface area (Å²) in [7, 11) is 2.04. The van der Waals surface area contributed by atoms with Crippen LogP contribution in [0.2, 0.25) is 0 Å². The predicted octanol–water partition coefficient (Wildman–Crippen LogP) is 8.89. The number of nitrogens with zero attached hydrogens (tertiary/aromatic N) is 3. The van der Waals surface area contributed by atoms with Gasteiger partial charge in [-0.2, -0.15) is 73.4 Å². The van der Waals surface area contributed by atoms with E-state index in [0.29, 0.717) is 0 Å². The van der Waals surface area contributed by atoms with Gasteiger partial charge in [-0.3, -0.25) is 0 Å². The monoisotopic (exact) mass is 756 g/mol. The van der Waals surface area contributed by atoms with Crippen LogP contribution in [0.1, 0.15) is 22.3 Å². The molecule has 0 radical (unpaired) electrons. The Morgan fingerprint density at radius 2 is 1.29 bits per heavy atom. The van der Waals surface area contributed by atoms with Gasteiger partial charge in [-0.15, -0.1) is 28.3 Å². The maximum absolute atomic E-state index is 4.02. The number of benzene rings is 6. The maximum Gasteiger partial charge on any atom is 4.00 e. The summed E-state index contributed by atoms with van der Waals surface area (Å²) in [6.07, 6.45) is 4.13. The van der Waals surface area contributed by atoms with E-state index >= 15 is 0 Å². The van der Waals surface area contributed by atoms with Gasteiger partial charge in [0, 0.05) is 10.9 Å². The first-order valence-electron chi connectivity index (χ1n) is 14.9. The number of hydrogen-bond acceptors (Lipinski definition) is 2. The minimum absolute atomic E-state index is 0. The Kier molecular flexibility index (Phi) is 6.55. The summed E-state index contributed by atoms with van der Waals surface area (Å²) >= 11 is 0. The van der Waals surface area contributed by atoms with Gasteiger partial charge >= 0.3 is 21.1 Å². The molecular weight excluding hydrogens is 730 g/mol. The minimum atomic E-state index is -0.617. The second kappa shape index (κ2) is 10.6. The molecule has 3 nitrogen and oxygen atoms in total. The number of anilines is 1. The third-order valence-electron chi connectivity index (χ3n) is 9.10. The van der Waals surface area contributed by atoms with Crippen molar-refractivity contribution in [1.29, 1.82) is 0 Å². The molecule has 0 saturated heterocycles. The van der Waals surface area contributed by atoms with E-state index in [9.17, 15) is 0 Å². The van der Waals surface area contributed by atoms with Crippen LogP contribution in [0.4, 0.5) is 5.69 Å². The second-order valence-corrected chi connectivity index (χ2v) is 11.5. The molecule has 6 aromatic carbocycles. The van der Waals surface area contributed by atoms with Crippen molar-refractivity contribution in [2.24, 2.45) is 0 Å². The average Bonchev–Trinajstić information content (AvgIpc) is 3.76. The fraction of sp³-hybridized carbons (Fsp3) is 0.0488. The van der Waals surface area contributed by atoms with E-state index in [2.05, 4.69) is 167 Å². The van der Waals surface area contributed by atoms with E-state index in [1.165, 1.54) is 33.0 Å². The first-order valence-corrected chi connectivity index (χ1v) is 14.9. The molecule has 2 aliphatic rings. The number of fused-ring (bicyclic) bond motifs is 6. The molecule has 7 aromatic rings. The van der Waals surface area contributed by atoms with Crippen molar-refractivity contribution >= 4 is 27.5 Å². The van der Waals surface area contributed by atoms with Gasteiger partial charge in [0.05, 0.1) is 0 Å². The van der Waals surface area contributed by atoms with Crippen LogP contribution in [0, 0.1) is 24.9 Å². The standard InChI is InChI=1S/C41H27N3.Pt/c1-42-24-25-43(28-42)32-15-11-12-29(26-32)41(37-19-8-5-16-33(37)34-17-6-9-20-38(34)41)30-22-23-36-35-18-7-10-21-39(35)44(40(36)27-30)31-13-3-2-4-14-31;/h2-13,15-25,28H,1H3;/q-4;+4.